The van der Waals surface area contributed by atoms with Gasteiger partial charge in [0, 0.05) is 7.11 Å². The molecule has 0 aliphatic carbocycles. The summed E-state index contributed by atoms with van der Waals surface area (Å²) >= 11 is 0. The van der Waals surface area contributed by atoms with Gasteiger partial charge in [0.1, 0.15) is 0 Å². The molecule has 1 aromatic carbocycles. The van der Waals surface area contributed by atoms with Crippen LogP contribution in [0, 0.1) is 5.41 Å². The van der Waals surface area contributed by atoms with E-state index in [2.05, 4.69) is 5.43 Å². The van der Waals surface area contributed by atoms with Gasteiger partial charge in [-0.3, -0.25) is 15.2 Å². The van der Waals surface area contributed by atoms with Crippen molar-refractivity contribution in [3.05, 3.63) is 30.3 Å². The van der Waals surface area contributed by atoms with E-state index >= 15 is 0 Å². The van der Waals surface area contributed by atoms with Crippen LogP contribution in [-0.2, 0) is 9.53 Å². The van der Waals surface area contributed by atoms with Crippen molar-refractivity contribution < 1.29 is 9.53 Å². The highest BCUT2D eigenvalue weighted by Crippen LogP contribution is 2.27. The van der Waals surface area contributed by atoms with Crippen molar-refractivity contribution in [3.8, 4) is 0 Å². The maximum absolute atomic E-state index is 11.8. The molecule has 0 bridgehead atoms. The molecule has 18 heavy (non-hydrogen) atoms. The number of carbonyl (C=O) groups is 1. The van der Waals surface area contributed by atoms with Gasteiger partial charge in [-0.1, -0.05) is 32.0 Å². The van der Waals surface area contributed by atoms with Gasteiger partial charge < -0.3 is 4.74 Å². The minimum absolute atomic E-state index is 0.0122. The van der Waals surface area contributed by atoms with Crippen LogP contribution in [0.3, 0.4) is 0 Å². The fourth-order valence-corrected chi connectivity index (χ4v) is 1.91. The molecule has 1 saturated heterocycles. The van der Waals surface area contributed by atoms with Gasteiger partial charge in [0.25, 0.3) is 0 Å². The van der Waals surface area contributed by atoms with Gasteiger partial charge in [0.05, 0.1) is 24.3 Å². The summed E-state index contributed by atoms with van der Waals surface area (Å²) < 4.78 is 5.10. The third kappa shape index (κ3) is 3.01. The van der Waals surface area contributed by atoms with E-state index in [0.717, 1.165) is 5.69 Å². The van der Waals surface area contributed by atoms with Gasteiger partial charge in [-0.15, -0.1) is 0 Å². The standard InChI is InChI=1S/C12H16N2O2.C2H6/c1-12(9-16-2)8-14(13-11(12)15)10-6-4-3-5-7-10;1-2/h3-7H,8-9H2,1-2H3,(H,13,15);1-2H3. The van der Waals surface area contributed by atoms with Gasteiger partial charge >= 0.3 is 0 Å². The summed E-state index contributed by atoms with van der Waals surface area (Å²) in [6.45, 7) is 6.97. The van der Waals surface area contributed by atoms with E-state index in [1.807, 2.05) is 56.1 Å². The Kier molecular flexibility index (Phi) is 5.16. The van der Waals surface area contributed by atoms with Gasteiger partial charge in [0.2, 0.25) is 5.91 Å². The zero-order chi connectivity index (χ0) is 13.6. The quantitative estimate of drug-likeness (QED) is 0.894. The Hall–Kier alpha value is -1.55. The average Bonchev–Trinajstić information content (AvgIpc) is 2.70. The average molecular weight is 250 g/mol. The number of anilines is 1. The second-order valence-electron chi connectivity index (χ2n) is 4.36. The highest BCUT2D eigenvalue weighted by atomic mass is 16.5. The molecule has 4 nitrogen and oxygen atoms in total. The third-order valence-corrected chi connectivity index (χ3v) is 2.82. The fraction of sp³-hybridized carbons (Fsp3) is 0.500. The van der Waals surface area contributed by atoms with E-state index < -0.39 is 5.41 Å². The van der Waals surface area contributed by atoms with E-state index in [0.29, 0.717) is 13.2 Å². The van der Waals surface area contributed by atoms with Crippen LogP contribution in [-0.4, -0.2) is 26.2 Å². The minimum Gasteiger partial charge on any atom is -0.384 e. The second kappa shape index (κ2) is 6.40. The molecule has 0 aromatic heterocycles. The molecule has 1 amide bonds. The van der Waals surface area contributed by atoms with Crippen molar-refractivity contribution in [2.75, 3.05) is 25.3 Å². The number of rotatable bonds is 3. The van der Waals surface area contributed by atoms with E-state index in [1.54, 1.807) is 7.11 Å². The lowest BCUT2D eigenvalue weighted by Gasteiger charge is -2.20. The Morgan fingerprint density at radius 2 is 1.94 bits per heavy atom. The summed E-state index contributed by atoms with van der Waals surface area (Å²) in [7, 11) is 1.61. The Morgan fingerprint density at radius 3 is 2.50 bits per heavy atom. The number of ether oxygens (including phenoxy) is 1. The number of nitrogens with zero attached hydrogens (tertiary/aromatic N) is 1. The zero-order valence-corrected chi connectivity index (χ0v) is 11.6. The fourth-order valence-electron chi connectivity index (χ4n) is 1.91. The molecule has 1 N–H and O–H groups in total. The molecule has 1 heterocycles. The predicted octanol–water partition coefficient (Wildman–Crippen LogP) is 2.22. The Balaban J connectivity index is 0.000000771. The number of hydrogen-bond donors (Lipinski definition) is 1. The summed E-state index contributed by atoms with van der Waals surface area (Å²) in [6.07, 6.45) is 0. The Bertz CT molecular complexity index is 381. The van der Waals surface area contributed by atoms with Crippen molar-refractivity contribution in [1.82, 2.24) is 5.43 Å². The number of hydrogen-bond acceptors (Lipinski definition) is 3. The lowest BCUT2D eigenvalue weighted by atomic mass is 9.92. The SMILES string of the molecule is CC.COCC1(C)CN(c2ccccc2)NC1=O. The lowest BCUT2D eigenvalue weighted by Crippen LogP contribution is -2.34. The van der Waals surface area contributed by atoms with Crippen molar-refractivity contribution in [2.24, 2.45) is 5.41 Å². The molecule has 2 rings (SSSR count). The van der Waals surface area contributed by atoms with Crippen molar-refractivity contribution in [3.63, 3.8) is 0 Å². The van der Waals surface area contributed by atoms with Gasteiger partial charge in [-0.25, -0.2) is 0 Å². The summed E-state index contributed by atoms with van der Waals surface area (Å²) in [5, 5.41) is 1.86. The number of methoxy groups -OCH3 is 1. The number of nitrogens with one attached hydrogen (secondary N) is 1. The smallest absolute Gasteiger partial charge is 0.248 e. The molecular formula is C14H22N2O2. The molecule has 0 spiro atoms. The molecule has 100 valence electrons. The highest BCUT2D eigenvalue weighted by Gasteiger charge is 2.42. The van der Waals surface area contributed by atoms with E-state index in [1.165, 1.54) is 0 Å². The Labute approximate surface area is 109 Å². The van der Waals surface area contributed by atoms with Crippen molar-refractivity contribution >= 4 is 11.6 Å². The normalized spacial score (nSPS) is 22.2. The van der Waals surface area contributed by atoms with Crippen LogP contribution < -0.4 is 10.4 Å². The first-order valence-electron chi connectivity index (χ1n) is 6.28. The van der Waals surface area contributed by atoms with Crippen LogP contribution in [0.25, 0.3) is 0 Å². The molecule has 1 fully saturated rings. The lowest BCUT2D eigenvalue weighted by molar-refractivity contribution is -0.128. The van der Waals surface area contributed by atoms with Crippen LogP contribution in [0.4, 0.5) is 5.69 Å². The first-order valence-corrected chi connectivity index (χ1v) is 6.28. The van der Waals surface area contributed by atoms with Crippen molar-refractivity contribution in [1.29, 1.82) is 0 Å². The third-order valence-electron chi connectivity index (χ3n) is 2.82. The van der Waals surface area contributed by atoms with Gasteiger partial charge in [0.15, 0.2) is 0 Å². The summed E-state index contributed by atoms with van der Waals surface area (Å²) in [6, 6.07) is 9.80. The molecule has 1 aliphatic rings. The van der Waals surface area contributed by atoms with E-state index in [9.17, 15) is 4.79 Å². The van der Waals surface area contributed by atoms with Crippen molar-refractivity contribution in [2.45, 2.75) is 20.8 Å². The maximum Gasteiger partial charge on any atom is 0.248 e. The summed E-state index contributed by atoms with van der Waals surface area (Å²) in [5.74, 6) is 0.0122. The molecule has 1 atom stereocenters. The van der Waals surface area contributed by atoms with E-state index in [-0.39, 0.29) is 5.91 Å². The number of para-hydroxylation sites is 1. The maximum atomic E-state index is 11.8. The van der Waals surface area contributed by atoms with Crippen LogP contribution in [0.1, 0.15) is 20.8 Å². The zero-order valence-electron chi connectivity index (χ0n) is 11.6. The number of carbonyl (C=O) groups excluding carboxylic acids is 1. The van der Waals surface area contributed by atoms with Crippen LogP contribution in [0.15, 0.2) is 30.3 Å². The number of amides is 1. The monoisotopic (exact) mass is 250 g/mol. The highest BCUT2D eigenvalue weighted by molar-refractivity contribution is 5.87. The Morgan fingerprint density at radius 1 is 1.33 bits per heavy atom. The minimum atomic E-state index is -0.468. The molecule has 0 radical (unpaired) electrons. The van der Waals surface area contributed by atoms with Crippen LogP contribution in [0.2, 0.25) is 0 Å². The summed E-state index contributed by atoms with van der Waals surface area (Å²) in [5.41, 5.74) is 3.39. The molecular weight excluding hydrogens is 228 g/mol. The van der Waals surface area contributed by atoms with E-state index in [4.69, 9.17) is 4.74 Å². The second-order valence-corrected chi connectivity index (χ2v) is 4.36. The predicted molar refractivity (Wildman–Crippen MR) is 73.3 cm³/mol. The molecule has 1 unspecified atom stereocenters. The van der Waals surface area contributed by atoms with Gasteiger partial charge in [-0.2, -0.15) is 0 Å². The molecule has 0 saturated carbocycles. The molecule has 1 aliphatic heterocycles. The first-order chi connectivity index (χ1) is 8.65. The van der Waals surface area contributed by atoms with Crippen LogP contribution in [0.5, 0.6) is 0 Å². The largest absolute Gasteiger partial charge is 0.384 e. The van der Waals surface area contributed by atoms with Gasteiger partial charge in [-0.05, 0) is 19.1 Å². The van der Waals surface area contributed by atoms with Crippen LogP contribution >= 0.6 is 0 Å². The summed E-state index contributed by atoms with van der Waals surface area (Å²) in [4.78, 5) is 11.8. The number of benzene rings is 1. The topological polar surface area (TPSA) is 41.6 Å². The first kappa shape index (κ1) is 14.5. The number of hydrazine groups is 1. The molecule has 4 heteroatoms. The molecule has 1 aromatic rings.